The number of aromatic nitrogens is 2. The van der Waals surface area contributed by atoms with Crippen LogP contribution in [-0.4, -0.2) is 15.9 Å². The van der Waals surface area contributed by atoms with Crippen molar-refractivity contribution in [1.29, 1.82) is 0 Å². The van der Waals surface area contributed by atoms with Gasteiger partial charge in [-0.25, -0.2) is 0 Å². The molecule has 2 aromatic heterocycles. The lowest BCUT2D eigenvalue weighted by Gasteiger charge is -2.10. The number of rotatable bonds is 5. The second-order valence-electron chi connectivity index (χ2n) is 5.37. The molecule has 0 spiro atoms. The zero-order valence-corrected chi connectivity index (χ0v) is 12.6. The van der Waals surface area contributed by atoms with Gasteiger partial charge in [0.05, 0.1) is 0 Å². The Morgan fingerprint density at radius 1 is 0.870 bits per heavy atom. The molecule has 2 N–H and O–H groups in total. The largest absolute Gasteiger partial charge is 0.370 e. The summed E-state index contributed by atoms with van der Waals surface area (Å²) in [5.41, 5.74) is 10.6. The maximum atomic E-state index is 11.1. The second-order valence-corrected chi connectivity index (χ2v) is 5.37. The molecule has 0 radical (unpaired) electrons. The third-order valence-electron chi connectivity index (χ3n) is 3.64. The molecule has 23 heavy (non-hydrogen) atoms. The van der Waals surface area contributed by atoms with E-state index >= 15 is 0 Å². The van der Waals surface area contributed by atoms with E-state index in [9.17, 15) is 4.79 Å². The first kappa shape index (κ1) is 14.9. The summed E-state index contributed by atoms with van der Waals surface area (Å²) in [5, 5.41) is 0. The zero-order valence-electron chi connectivity index (χ0n) is 12.6. The summed E-state index contributed by atoms with van der Waals surface area (Å²) in [7, 11) is 0. The normalized spacial score (nSPS) is 10.4. The predicted octanol–water partition coefficient (Wildman–Crippen LogP) is 3.23. The van der Waals surface area contributed by atoms with Crippen molar-refractivity contribution in [2.45, 2.75) is 12.8 Å². The highest BCUT2D eigenvalue weighted by atomic mass is 16.1. The molecule has 4 nitrogen and oxygen atoms in total. The van der Waals surface area contributed by atoms with Gasteiger partial charge in [-0.2, -0.15) is 0 Å². The lowest BCUT2D eigenvalue weighted by molar-refractivity contribution is -0.117. The van der Waals surface area contributed by atoms with Gasteiger partial charge in [-0.15, -0.1) is 0 Å². The number of amides is 1. The van der Waals surface area contributed by atoms with Crippen molar-refractivity contribution in [2.24, 2.45) is 5.73 Å². The third-order valence-corrected chi connectivity index (χ3v) is 3.64. The van der Waals surface area contributed by atoms with Crippen LogP contribution in [-0.2, 0) is 11.2 Å². The van der Waals surface area contributed by atoms with E-state index < -0.39 is 0 Å². The van der Waals surface area contributed by atoms with Gasteiger partial charge < -0.3 is 5.73 Å². The molecule has 0 bridgehead atoms. The van der Waals surface area contributed by atoms with Crippen molar-refractivity contribution in [3.63, 3.8) is 0 Å². The SMILES string of the molecule is NC(=O)CCc1cc(-c2cccnc2)cc(-c2cccnc2)c1. The molecular formula is C19H17N3O. The molecule has 0 aliphatic heterocycles. The summed E-state index contributed by atoms with van der Waals surface area (Å²) in [6.07, 6.45) is 8.13. The monoisotopic (exact) mass is 303 g/mol. The zero-order chi connectivity index (χ0) is 16.1. The number of hydrogen-bond acceptors (Lipinski definition) is 3. The van der Waals surface area contributed by atoms with Crippen molar-refractivity contribution in [2.75, 3.05) is 0 Å². The Labute approximate surface area is 135 Å². The number of nitrogens with zero attached hydrogens (tertiary/aromatic N) is 2. The van der Waals surface area contributed by atoms with Crippen LogP contribution in [0.25, 0.3) is 22.3 Å². The van der Waals surface area contributed by atoms with Crippen LogP contribution in [0, 0.1) is 0 Å². The number of benzene rings is 1. The minimum atomic E-state index is -0.292. The first-order valence-electron chi connectivity index (χ1n) is 7.45. The number of nitrogens with two attached hydrogens (primary N) is 1. The molecule has 2 heterocycles. The van der Waals surface area contributed by atoms with Crippen LogP contribution in [0.2, 0.25) is 0 Å². The molecule has 0 aliphatic carbocycles. The summed E-state index contributed by atoms with van der Waals surface area (Å²) in [6.45, 7) is 0. The van der Waals surface area contributed by atoms with Crippen LogP contribution in [0.1, 0.15) is 12.0 Å². The minimum Gasteiger partial charge on any atom is -0.370 e. The maximum absolute atomic E-state index is 11.1. The van der Waals surface area contributed by atoms with E-state index in [0.717, 1.165) is 27.8 Å². The fourth-order valence-electron chi connectivity index (χ4n) is 2.50. The fraction of sp³-hybridized carbons (Fsp3) is 0.105. The molecule has 0 saturated carbocycles. The van der Waals surface area contributed by atoms with Crippen LogP contribution < -0.4 is 5.73 Å². The molecule has 1 amide bonds. The number of carbonyl (C=O) groups excluding carboxylic acids is 1. The van der Waals surface area contributed by atoms with Gasteiger partial charge in [0.2, 0.25) is 5.91 Å². The van der Waals surface area contributed by atoms with Crippen LogP contribution >= 0.6 is 0 Å². The lowest BCUT2D eigenvalue weighted by atomic mass is 9.96. The standard InChI is InChI=1S/C19H17N3O/c20-19(23)6-5-14-9-17(15-3-1-7-21-12-15)11-18(10-14)16-4-2-8-22-13-16/h1-4,7-13H,5-6H2,(H2,20,23). The van der Waals surface area contributed by atoms with Gasteiger partial charge in [-0.1, -0.05) is 24.3 Å². The number of aryl methyl sites for hydroxylation is 1. The molecule has 1 aromatic carbocycles. The molecule has 4 heteroatoms. The van der Waals surface area contributed by atoms with Gasteiger partial charge in [0, 0.05) is 42.3 Å². The van der Waals surface area contributed by atoms with E-state index in [0.29, 0.717) is 12.8 Å². The number of hydrogen-bond donors (Lipinski definition) is 1. The minimum absolute atomic E-state index is 0.292. The first-order chi connectivity index (χ1) is 11.2. The van der Waals surface area contributed by atoms with Crippen LogP contribution in [0.3, 0.4) is 0 Å². The van der Waals surface area contributed by atoms with Crippen LogP contribution in [0.5, 0.6) is 0 Å². The average molecular weight is 303 g/mol. The molecule has 0 saturated heterocycles. The van der Waals surface area contributed by atoms with E-state index in [-0.39, 0.29) is 5.91 Å². The molecule has 0 aliphatic rings. The molecular weight excluding hydrogens is 286 g/mol. The third kappa shape index (κ3) is 3.80. The Balaban J connectivity index is 2.05. The Bertz CT molecular complexity index is 744. The smallest absolute Gasteiger partial charge is 0.217 e. The molecule has 0 fully saturated rings. The maximum Gasteiger partial charge on any atom is 0.217 e. The Kier molecular flexibility index (Phi) is 4.43. The number of pyridine rings is 2. The average Bonchev–Trinajstić information content (AvgIpc) is 2.61. The Hall–Kier alpha value is -3.01. The van der Waals surface area contributed by atoms with Crippen molar-refractivity contribution >= 4 is 5.91 Å². The second kappa shape index (κ2) is 6.83. The predicted molar refractivity (Wildman–Crippen MR) is 90.4 cm³/mol. The summed E-state index contributed by atoms with van der Waals surface area (Å²) >= 11 is 0. The topological polar surface area (TPSA) is 68.9 Å². The summed E-state index contributed by atoms with van der Waals surface area (Å²) < 4.78 is 0. The Morgan fingerprint density at radius 2 is 1.43 bits per heavy atom. The molecule has 0 unspecified atom stereocenters. The highest BCUT2D eigenvalue weighted by molar-refractivity contribution is 5.75. The van der Waals surface area contributed by atoms with E-state index in [2.05, 4.69) is 28.2 Å². The van der Waals surface area contributed by atoms with E-state index in [1.165, 1.54) is 0 Å². The van der Waals surface area contributed by atoms with Crippen molar-refractivity contribution in [1.82, 2.24) is 9.97 Å². The fourth-order valence-corrected chi connectivity index (χ4v) is 2.50. The quantitative estimate of drug-likeness (QED) is 0.786. The number of primary amides is 1. The highest BCUT2D eigenvalue weighted by Gasteiger charge is 2.07. The number of carbonyl (C=O) groups is 1. The van der Waals surface area contributed by atoms with Gasteiger partial charge in [-0.3, -0.25) is 14.8 Å². The van der Waals surface area contributed by atoms with Crippen molar-refractivity contribution in [3.05, 3.63) is 72.8 Å². The molecule has 0 atom stereocenters. The van der Waals surface area contributed by atoms with Crippen LogP contribution in [0.4, 0.5) is 0 Å². The van der Waals surface area contributed by atoms with Gasteiger partial charge in [0.25, 0.3) is 0 Å². The highest BCUT2D eigenvalue weighted by Crippen LogP contribution is 2.28. The molecule has 3 aromatic rings. The lowest BCUT2D eigenvalue weighted by Crippen LogP contribution is -2.11. The van der Waals surface area contributed by atoms with Crippen molar-refractivity contribution < 1.29 is 4.79 Å². The van der Waals surface area contributed by atoms with E-state index in [4.69, 9.17) is 5.73 Å². The summed E-state index contributed by atoms with van der Waals surface area (Å²) in [5.74, 6) is -0.292. The summed E-state index contributed by atoms with van der Waals surface area (Å²) in [6, 6.07) is 14.1. The van der Waals surface area contributed by atoms with Crippen LogP contribution in [0.15, 0.2) is 67.3 Å². The van der Waals surface area contributed by atoms with Gasteiger partial charge in [-0.05, 0) is 41.3 Å². The van der Waals surface area contributed by atoms with E-state index in [1.807, 2.05) is 36.7 Å². The van der Waals surface area contributed by atoms with Gasteiger partial charge in [0.15, 0.2) is 0 Å². The van der Waals surface area contributed by atoms with E-state index in [1.54, 1.807) is 12.4 Å². The van der Waals surface area contributed by atoms with Gasteiger partial charge >= 0.3 is 0 Å². The van der Waals surface area contributed by atoms with Gasteiger partial charge in [0.1, 0.15) is 0 Å². The van der Waals surface area contributed by atoms with Crippen molar-refractivity contribution in [3.8, 4) is 22.3 Å². The summed E-state index contributed by atoms with van der Waals surface area (Å²) in [4.78, 5) is 19.4. The first-order valence-corrected chi connectivity index (χ1v) is 7.45. The molecule has 114 valence electrons. The Morgan fingerprint density at radius 3 is 1.87 bits per heavy atom. The molecule has 3 rings (SSSR count).